The normalized spacial score (nSPS) is 11.9. The minimum absolute atomic E-state index is 0.292. The molecule has 0 fully saturated rings. The highest BCUT2D eigenvalue weighted by Crippen LogP contribution is 2.06. The van der Waals surface area contributed by atoms with Crippen LogP contribution >= 0.6 is 0 Å². The Hall–Kier alpha value is -1.88. The van der Waals surface area contributed by atoms with Crippen molar-refractivity contribution in [2.45, 2.75) is 13.0 Å². The van der Waals surface area contributed by atoms with Gasteiger partial charge in [-0.05, 0) is 25.1 Å². The number of rotatable bonds is 4. The highest BCUT2D eigenvalue weighted by Gasteiger charge is 2.16. The first-order valence-corrected chi connectivity index (χ1v) is 4.82. The average Bonchev–Trinajstić information content (AvgIpc) is 2.25. The van der Waals surface area contributed by atoms with Crippen molar-refractivity contribution in [1.82, 2.24) is 5.32 Å². The zero-order valence-corrected chi connectivity index (χ0v) is 8.93. The first kappa shape index (κ1) is 12.2. The summed E-state index contributed by atoms with van der Waals surface area (Å²) in [5, 5.41) is 11.3. The van der Waals surface area contributed by atoms with Crippen molar-refractivity contribution in [2.24, 2.45) is 0 Å². The molecule has 0 aliphatic rings. The number of anilines is 1. The summed E-state index contributed by atoms with van der Waals surface area (Å²) < 4.78 is 0. The Morgan fingerprint density at radius 1 is 1.50 bits per heavy atom. The predicted octanol–water partition coefficient (Wildman–Crippen LogP) is -0.0515. The third-order valence-corrected chi connectivity index (χ3v) is 2.13. The average molecular weight is 222 g/mol. The molecule has 0 radical (unpaired) electrons. The number of nitrogen functional groups attached to an aromatic ring is 1. The van der Waals surface area contributed by atoms with Gasteiger partial charge in [0.15, 0.2) is 5.78 Å². The van der Waals surface area contributed by atoms with Crippen molar-refractivity contribution in [3.8, 4) is 0 Å². The molecule has 5 heteroatoms. The van der Waals surface area contributed by atoms with E-state index in [0.29, 0.717) is 11.3 Å². The number of ketones is 1. The Kier molecular flexibility index (Phi) is 4.02. The standard InChI is InChI=1S/C11H14N2O3/c1-7(15)10(6-14)13-11(16)8-3-2-4-9(12)5-8/h2-5,10,14H,6,12H2,1H3,(H,13,16)/t10-/m0/s1. The highest BCUT2D eigenvalue weighted by molar-refractivity contribution is 5.98. The summed E-state index contributed by atoms with van der Waals surface area (Å²) in [4.78, 5) is 22.6. The number of hydrogen-bond acceptors (Lipinski definition) is 4. The van der Waals surface area contributed by atoms with Crippen molar-refractivity contribution in [1.29, 1.82) is 0 Å². The largest absolute Gasteiger partial charge is 0.399 e. The molecule has 1 rings (SSSR count). The van der Waals surface area contributed by atoms with Crippen LogP contribution < -0.4 is 11.1 Å². The second kappa shape index (κ2) is 5.27. The molecular formula is C11H14N2O3. The fourth-order valence-electron chi connectivity index (χ4n) is 1.20. The van der Waals surface area contributed by atoms with Gasteiger partial charge in [0.05, 0.1) is 6.61 Å². The number of amides is 1. The summed E-state index contributed by atoms with van der Waals surface area (Å²) in [5.74, 6) is -0.721. The first-order valence-electron chi connectivity index (χ1n) is 4.82. The van der Waals surface area contributed by atoms with Gasteiger partial charge >= 0.3 is 0 Å². The topological polar surface area (TPSA) is 92.4 Å². The molecule has 0 spiro atoms. The summed E-state index contributed by atoms with van der Waals surface area (Å²) in [5.41, 5.74) is 6.35. The van der Waals surface area contributed by atoms with Gasteiger partial charge < -0.3 is 16.2 Å². The van der Waals surface area contributed by atoms with E-state index in [1.165, 1.54) is 13.0 Å². The molecule has 16 heavy (non-hydrogen) atoms. The molecule has 0 bridgehead atoms. The van der Waals surface area contributed by atoms with Crippen LogP contribution in [0.4, 0.5) is 5.69 Å². The Morgan fingerprint density at radius 3 is 2.69 bits per heavy atom. The van der Waals surface area contributed by atoms with Crippen LogP contribution in [-0.2, 0) is 4.79 Å². The lowest BCUT2D eigenvalue weighted by Crippen LogP contribution is -2.42. The van der Waals surface area contributed by atoms with E-state index in [4.69, 9.17) is 10.8 Å². The summed E-state index contributed by atoms with van der Waals surface area (Å²) in [6.07, 6.45) is 0. The number of nitrogens with two attached hydrogens (primary N) is 1. The van der Waals surface area contributed by atoms with E-state index < -0.39 is 18.6 Å². The number of carbonyl (C=O) groups is 2. The molecule has 5 nitrogen and oxygen atoms in total. The van der Waals surface area contributed by atoms with Crippen molar-refractivity contribution in [3.63, 3.8) is 0 Å². The van der Waals surface area contributed by atoms with Gasteiger partial charge in [0, 0.05) is 11.3 Å². The fourth-order valence-corrected chi connectivity index (χ4v) is 1.20. The third-order valence-electron chi connectivity index (χ3n) is 2.13. The molecule has 0 heterocycles. The van der Waals surface area contributed by atoms with Gasteiger partial charge in [0.1, 0.15) is 6.04 Å². The Balaban J connectivity index is 2.75. The maximum atomic E-state index is 11.6. The van der Waals surface area contributed by atoms with E-state index in [9.17, 15) is 9.59 Å². The van der Waals surface area contributed by atoms with Crippen LogP contribution in [0.5, 0.6) is 0 Å². The van der Waals surface area contributed by atoms with E-state index in [-0.39, 0.29) is 5.78 Å². The Morgan fingerprint density at radius 2 is 2.19 bits per heavy atom. The molecule has 0 saturated heterocycles. The molecule has 0 saturated carbocycles. The molecule has 86 valence electrons. The lowest BCUT2D eigenvalue weighted by Gasteiger charge is -2.12. The molecule has 0 unspecified atom stereocenters. The number of nitrogens with one attached hydrogen (secondary N) is 1. The second-order valence-corrected chi connectivity index (χ2v) is 3.44. The number of carbonyl (C=O) groups excluding carboxylic acids is 2. The number of aliphatic hydroxyl groups excluding tert-OH is 1. The number of aliphatic hydroxyl groups is 1. The van der Waals surface area contributed by atoms with Gasteiger partial charge in [0.25, 0.3) is 5.91 Å². The zero-order valence-electron chi connectivity index (χ0n) is 8.93. The maximum Gasteiger partial charge on any atom is 0.252 e. The van der Waals surface area contributed by atoms with Crippen LogP contribution in [0, 0.1) is 0 Å². The minimum Gasteiger partial charge on any atom is -0.399 e. The van der Waals surface area contributed by atoms with Crippen molar-refractivity contribution in [3.05, 3.63) is 29.8 Å². The number of Topliss-reactive ketones (excluding diaryl/α,β-unsaturated/α-hetero) is 1. The number of hydrogen-bond donors (Lipinski definition) is 3. The van der Waals surface area contributed by atoms with Crippen molar-refractivity contribution >= 4 is 17.4 Å². The second-order valence-electron chi connectivity index (χ2n) is 3.44. The Labute approximate surface area is 93.3 Å². The van der Waals surface area contributed by atoms with Crippen molar-refractivity contribution in [2.75, 3.05) is 12.3 Å². The molecule has 0 aliphatic heterocycles. The molecule has 1 amide bonds. The van der Waals surface area contributed by atoms with Crippen LogP contribution in [0.3, 0.4) is 0 Å². The van der Waals surface area contributed by atoms with Gasteiger partial charge in [-0.25, -0.2) is 0 Å². The lowest BCUT2D eigenvalue weighted by atomic mass is 10.1. The van der Waals surface area contributed by atoms with Gasteiger partial charge in [-0.3, -0.25) is 9.59 Å². The smallest absolute Gasteiger partial charge is 0.252 e. The molecular weight excluding hydrogens is 208 g/mol. The SMILES string of the molecule is CC(=O)[C@H](CO)NC(=O)c1cccc(N)c1. The quantitative estimate of drug-likeness (QED) is 0.623. The first-order chi connectivity index (χ1) is 7.54. The molecule has 4 N–H and O–H groups in total. The predicted molar refractivity (Wildman–Crippen MR) is 59.9 cm³/mol. The zero-order chi connectivity index (χ0) is 12.1. The summed E-state index contributed by atoms with van der Waals surface area (Å²) in [7, 11) is 0. The summed E-state index contributed by atoms with van der Waals surface area (Å²) in [6, 6.07) is 5.52. The highest BCUT2D eigenvalue weighted by atomic mass is 16.3. The van der Waals surface area contributed by atoms with E-state index in [2.05, 4.69) is 5.32 Å². The van der Waals surface area contributed by atoms with Crippen LogP contribution in [0.2, 0.25) is 0 Å². The molecule has 1 atom stereocenters. The van der Waals surface area contributed by atoms with E-state index in [1.807, 2.05) is 0 Å². The van der Waals surface area contributed by atoms with Gasteiger partial charge in [0.2, 0.25) is 0 Å². The number of benzene rings is 1. The third kappa shape index (κ3) is 3.06. The van der Waals surface area contributed by atoms with Gasteiger partial charge in [-0.15, -0.1) is 0 Å². The van der Waals surface area contributed by atoms with E-state index in [1.54, 1.807) is 18.2 Å². The van der Waals surface area contributed by atoms with E-state index in [0.717, 1.165) is 0 Å². The Bertz CT molecular complexity index is 404. The molecule has 0 aliphatic carbocycles. The van der Waals surface area contributed by atoms with Crippen molar-refractivity contribution < 1.29 is 14.7 Å². The molecule has 1 aromatic carbocycles. The minimum atomic E-state index is -0.867. The van der Waals surface area contributed by atoms with E-state index >= 15 is 0 Å². The summed E-state index contributed by atoms with van der Waals surface area (Å²) in [6.45, 7) is 0.893. The van der Waals surface area contributed by atoms with Crippen LogP contribution in [0.1, 0.15) is 17.3 Å². The molecule has 0 aromatic heterocycles. The van der Waals surface area contributed by atoms with Crippen LogP contribution in [-0.4, -0.2) is 29.4 Å². The van der Waals surface area contributed by atoms with Crippen LogP contribution in [0.15, 0.2) is 24.3 Å². The summed E-state index contributed by atoms with van der Waals surface area (Å²) >= 11 is 0. The lowest BCUT2D eigenvalue weighted by molar-refractivity contribution is -0.119. The molecule has 1 aromatic rings. The van der Waals surface area contributed by atoms with Gasteiger partial charge in [-0.1, -0.05) is 6.07 Å². The maximum absolute atomic E-state index is 11.6. The van der Waals surface area contributed by atoms with Gasteiger partial charge in [-0.2, -0.15) is 0 Å². The fraction of sp³-hybridized carbons (Fsp3) is 0.273. The monoisotopic (exact) mass is 222 g/mol. The van der Waals surface area contributed by atoms with Crippen LogP contribution in [0.25, 0.3) is 0 Å².